The van der Waals surface area contributed by atoms with Gasteiger partial charge in [-0.3, -0.25) is 9.69 Å². The number of carbonyl (C=O) groups is 1. The molecule has 0 amide bonds. The van der Waals surface area contributed by atoms with Crippen molar-refractivity contribution in [1.29, 1.82) is 0 Å². The van der Waals surface area contributed by atoms with Crippen LogP contribution in [0.3, 0.4) is 0 Å². The van der Waals surface area contributed by atoms with Gasteiger partial charge in [0.2, 0.25) is 0 Å². The van der Waals surface area contributed by atoms with Gasteiger partial charge in [0.1, 0.15) is 11.6 Å². The standard InChI is InChI=1S/C17H25NO2/c1-17(2,3)20-16(19)15-11-7-8-12-18(15)13-14-9-5-4-6-10-14/h4-6,9-10,15H,7-8,11-13H2,1-3H3/t15-/m0/s1. The fourth-order valence-electron chi connectivity index (χ4n) is 2.63. The molecule has 0 spiro atoms. The monoisotopic (exact) mass is 275 g/mol. The number of ether oxygens (including phenoxy) is 1. The van der Waals surface area contributed by atoms with E-state index in [4.69, 9.17) is 4.74 Å². The van der Waals surface area contributed by atoms with Crippen molar-refractivity contribution in [1.82, 2.24) is 4.90 Å². The molecular formula is C17H25NO2. The van der Waals surface area contributed by atoms with Gasteiger partial charge in [-0.15, -0.1) is 0 Å². The van der Waals surface area contributed by atoms with E-state index < -0.39 is 5.60 Å². The van der Waals surface area contributed by atoms with E-state index in [1.54, 1.807) is 0 Å². The number of hydrogen-bond donors (Lipinski definition) is 0. The van der Waals surface area contributed by atoms with Crippen molar-refractivity contribution in [2.75, 3.05) is 6.54 Å². The Morgan fingerprint density at radius 1 is 1.25 bits per heavy atom. The zero-order valence-electron chi connectivity index (χ0n) is 12.8. The Bertz CT molecular complexity index is 436. The van der Waals surface area contributed by atoms with Crippen LogP contribution in [0.25, 0.3) is 0 Å². The molecule has 1 atom stereocenters. The highest BCUT2D eigenvalue weighted by molar-refractivity contribution is 5.76. The summed E-state index contributed by atoms with van der Waals surface area (Å²) in [5.74, 6) is -0.0758. The van der Waals surface area contributed by atoms with Crippen LogP contribution in [0.1, 0.15) is 45.6 Å². The Morgan fingerprint density at radius 2 is 1.95 bits per heavy atom. The predicted molar refractivity (Wildman–Crippen MR) is 80.3 cm³/mol. The van der Waals surface area contributed by atoms with E-state index in [1.807, 2.05) is 39.0 Å². The zero-order valence-corrected chi connectivity index (χ0v) is 12.8. The van der Waals surface area contributed by atoms with Gasteiger partial charge < -0.3 is 4.74 Å². The van der Waals surface area contributed by atoms with E-state index in [1.165, 1.54) is 5.56 Å². The van der Waals surface area contributed by atoms with Gasteiger partial charge in [0.05, 0.1) is 0 Å². The molecule has 1 heterocycles. The second kappa shape index (κ2) is 6.40. The molecule has 0 aliphatic carbocycles. The lowest BCUT2D eigenvalue weighted by atomic mass is 10.0. The molecule has 110 valence electrons. The summed E-state index contributed by atoms with van der Waals surface area (Å²) >= 11 is 0. The number of esters is 1. The highest BCUT2D eigenvalue weighted by Gasteiger charge is 2.32. The molecule has 1 aromatic carbocycles. The molecule has 1 fully saturated rings. The van der Waals surface area contributed by atoms with E-state index in [2.05, 4.69) is 17.0 Å². The van der Waals surface area contributed by atoms with Gasteiger partial charge in [0.25, 0.3) is 0 Å². The summed E-state index contributed by atoms with van der Waals surface area (Å²) in [6.07, 6.45) is 3.17. The highest BCUT2D eigenvalue weighted by Crippen LogP contribution is 2.22. The van der Waals surface area contributed by atoms with Crippen LogP contribution >= 0.6 is 0 Å². The van der Waals surface area contributed by atoms with Crippen LogP contribution in [0.2, 0.25) is 0 Å². The third-order valence-electron chi connectivity index (χ3n) is 3.52. The van der Waals surface area contributed by atoms with Gasteiger partial charge in [-0.25, -0.2) is 0 Å². The summed E-state index contributed by atoms with van der Waals surface area (Å²) < 4.78 is 5.56. The van der Waals surface area contributed by atoms with E-state index in [0.717, 1.165) is 32.4 Å². The Labute approximate surface area is 121 Å². The molecule has 1 saturated heterocycles. The van der Waals surface area contributed by atoms with E-state index in [0.29, 0.717) is 0 Å². The molecule has 1 aliphatic heterocycles. The smallest absolute Gasteiger partial charge is 0.323 e. The SMILES string of the molecule is CC(C)(C)OC(=O)[C@@H]1CCCCN1Cc1ccccc1. The second-order valence-electron chi connectivity index (χ2n) is 6.50. The molecule has 3 heteroatoms. The second-order valence-corrected chi connectivity index (χ2v) is 6.50. The van der Waals surface area contributed by atoms with Crippen molar-refractivity contribution in [3.8, 4) is 0 Å². The Kier molecular flexibility index (Phi) is 4.81. The maximum atomic E-state index is 12.4. The average molecular weight is 275 g/mol. The minimum absolute atomic E-state index is 0.0758. The average Bonchev–Trinajstić information content (AvgIpc) is 2.38. The number of likely N-dealkylation sites (tertiary alicyclic amines) is 1. The van der Waals surface area contributed by atoms with Crippen molar-refractivity contribution in [3.05, 3.63) is 35.9 Å². The summed E-state index contributed by atoms with van der Waals surface area (Å²) in [7, 11) is 0. The largest absolute Gasteiger partial charge is 0.459 e. The molecule has 1 aliphatic rings. The van der Waals surface area contributed by atoms with Gasteiger partial charge in [0.15, 0.2) is 0 Å². The third kappa shape index (κ3) is 4.34. The molecule has 1 aromatic rings. The Balaban J connectivity index is 2.03. The molecular weight excluding hydrogens is 250 g/mol. The van der Waals surface area contributed by atoms with Gasteiger partial charge in [-0.05, 0) is 45.7 Å². The molecule has 0 radical (unpaired) electrons. The first-order valence-electron chi connectivity index (χ1n) is 7.46. The van der Waals surface area contributed by atoms with Crippen LogP contribution < -0.4 is 0 Å². The number of nitrogens with zero attached hydrogens (tertiary/aromatic N) is 1. The third-order valence-corrected chi connectivity index (χ3v) is 3.52. The highest BCUT2D eigenvalue weighted by atomic mass is 16.6. The first-order chi connectivity index (χ1) is 9.46. The van der Waals surface area contributed by atoms with Crippen LogP contribution in [0, 0.1) is 0 Å². The molecule has 0 N–H and O–H groups in total. The fraction of sp³-hybridized carbons (Fsp3) is 0.588. The van der Waals surface area contributed by atoms with Crippen LogP contribution in [0.5, 0.6) is 0 Å². The molecule has 20 heavy (non-hydrogen) atoms. The minimum Gasteiger partial charge on any atom is -0.459 e. The molecule has 0 unspecified atom stereocenters. The molecule has 0 saturated carbocycles. The van der Waals surface area contributed by atoms with Crippen LogP contribution in [-0.4, -0.2) is 29.1 Å². The van der Waals surface area contributed by atoms with Gasteiger partial charge in [-0.1, -0.05) is 36.8 Å². The van der Waals surface area contributed by atoms with Crippen molar-refractivity contribution >= 4 is 5.97 Å². The van der Waals surface area contributed by atoms with Crippen LogP contribution in [0.4, 0.5) is 0 Å². The van der Waals surface area contributed by atoms with Gasteiger partial charge in [0, 0.05) is 6.54 Å². The van der Waals surface area contributed by atoms with E-state index >= 15 is 0 Å². The number of rotatable bonds is 3. The van der Waals surface area contributed by atoms with Crippen molar-refractivity contribution < 1.29 is 9.53 Å². The van der Waals surface area contributed by atoms with Crippen molar-refractivity contribution in [2.24, 2.45) is 0 Å². The Morgan fingerprint density at radius 3 is 2.60 bits per heavy atom. The van der Waals surface area contributed by atoms with Gasteiger partial charge >= 0.3 is 5.97 Å². The first-order valence-corrected chi connectivity index (χ1v) is 7.46. The lowest BCUT2D eigenvalue weighted by Crippen LogP contribution is -2.46. The minimum atomic E-state index is -0.410. The molecule has 2 rings (SSSR count). The number of hydrogen-bond acceptors (Lipinski definition) is 3. The number of benzene rings is 1. The fourth-order valence-corrected chi connectivity index (χ4v) is 2.63. The summed E-state index contributed by atoms with van der Waals surface area (Å²) in [5.41, 5.74) is 0.843. The number of carbonyl (C=O) groups excluding carboxylic acids is 1. The lowest BCUT2D eigenvalue weighted by molar-refractivity contribution is -0.163. The first kappa shape index (κ1) is 15.0. The molecule has 0 aromatic heterocycles. The number of piperidine rings is 1. The zero-order chi connectivity index (χ0) is 14.6. The summed E-state index contributed by atoms with van der Waals surface area (Å²) in [5, 5.41) is 0. The normalized spacial score (nSPS) is 20.6. The Hall–Kier alpha value is -1.35. The summed E-state index contributed by atoms with van der Waals surface area (Å²) in [6, 6.07) is 10.2. The predicted octanol–water partition coefficient (Wildman–Crippen LogP) is 3.38. The maximum Gasteiger partial charge on any atom is 0.323 e. The topological polar surface area (TPSA) is 29.5 Å². The van der Waals surface area contributed by atoms with Crippen LogP contribution in [-0.2, 0) is 16.1 Å². The van der Waals surface area contributed by atoms with Crippen molar-refractivity contribution in [2.45, 2.75) is 58.2 Å². The lowest BCUT2D eigenvalue weighted by Gasteiger charge is -2.35. The van der Waals surface area contributed by atoms with E-state index in [-0.39, 0.29) is 12.0 Å². The van der Waals surface area contributed by atoms with Gasteiger partial charge in [-0.2, -0.15) is 0 Å². The molecule has 0 bridgehead atoms. The maximum absolute atomic E-state index is 12.4. The van der Waals surface area contributed by atoms with Crippen molar-refractivity contribution in [3.63, 3.8) is 0 Å². The quantitative estimate of drug-likeness (QED) is 0.792. The van der Waals surface area contributed by atoms with Crippen LogP contribution in [0.15, 0.2) is 30.3 Å². The summed E-state index contributed by atoms with van der Waals surface area (Å²) in [4.78, 5) is 14.6. The summed E-state index contributed by atoms with van der Waals surface area (Å²) in [6.45, 7) is 7.57. The molecule has 3 nitrogen and oxygen atoms in total. The van der Waals surface area contributed by atoms with E-state index in [9.17, 15) is 4.79 Å².